The number of esters is 1. The fourth-order valence-electron chi connectivity index (χ4n) is 5.01. The predicted molar refractivity (Wildman–Crippen MR) is 121 cm³/mol. The van der Waals surface area contributed by atoms with E-state index in [4.69, 9.17) is 0 Å². The van der Waals surface area contributed by atoms with Crippen LogP contribution in [0.3, 0.4) is 0 Å². The normalized spacial score (nSPS) is 21.6. The summed E-state index contributed by atoms with van der Waals surface area (Å²) in [5.41, 5.74) is 2.23. The number of hydrogen-bond acceptors (Lipinski definition) is 9. The Labute approximate surface area is 193 Å². The molecule has 0 aromatic carbocycles. The van der Waals surface area contributed by atoms with Crippen LogP contribution in [0.1, 0.15) is 29.0 Å². The van der Waals surface area contributed by atoms with Crippen LogP contribution in [0, 0.1) is 23.2 Å². The summed E-state index contributed by atoms with van der Waals surface area (Å²) in [4.78, 5) is 39.7. The first-order chi connectivity index (χ1) is 16.0. The van der Waals surface area contributed by atoms with Crippen molar-refractivity contribution in [3.05, 3.63) is 29.8 Å². The number of aromatic amines is 1. The number of aromatic nitrogens is 4. The van der Waals surface area contributed by atoms with Crippen molar-refractivity contribution < 1.29 is 14.3 Å². The van der Waals surface area contributed by atoms with Crippen molar-refractivity contribution in [3.63, 3.8) is 0 Å². The SMILES string of the molecule is COC(=O)c1nsc(NC(=O)N2CC3C[C@@H](N(C)c4c(C#N)cnc5[nH]ccc45)C[C@@H]3C2)n1. The third-order valence-corrected chi connectivity index (χ3v) is 7.23. The minimum Gasteiger partial charge on any atom is -0.463 e. The van der Waals surface area contributed by atoms with Gasteiger partial charge in [-0.15, -0.1) is 0 Å². The van der Waals surface area contributed by atoms with Gasteiger partial charge in [-0.05, 0) is 30.7 Å². The van der Waals surface area contributed by atoms with E-state index in [1.54, 1.807) is 11.1 Å². The number of H-pyrrole nitrogens is 1. The molecular formula is C21H22N8O3S. The Bertz CT molecular complexity index is 1250. The molecule has 1 unspecified atom stereocenters. The fraction of sp³-hybridized carbons (Fsp3) is 0.429. The minimum absolute atomic E-state index is 0.0636. The second-order valence-electron chi connectivity index (χ2n) is 8.38. The standard InChI is InChI=1S/C21H22N8O3S/c1-28(16-13(7-22)8-24-17-15(16)3-4-23-17)14-5-11-9-29(10-12(11)6-14)21(31)26-20-25-18(27-33-20)19(30)32-2/h3-4,8,11-12,14H,5-6,9-10H2,1-2H3,(H,23,24)(H,25,26,27,31)/t11-,12?,14+/m1/s1. The van der Waals surface area contributed by atoms with E-state index in [1.807, 2.05) is 19.3 Å². The van der Waals surface area contributed by atoms with E-state index in [-0.39, 0.29) is 23.0 Å². The molecule has 33 heavy (non-hydrogen) atoms. The lowest BCUT2D eigenvalue weighted by Gasteiger charge is -2.29. The molecule has 11 nitrogen and oxygen atoms in total. The van der Waals surface area contributed by atoms with Crippen molar-refractivity contribution in [1.29, 1.82) is 5.26 Å². The Morgan fingerprint density at radius 1 is 1.36 bits per heavy atom. The zero-order valence-electron chi connectivity index (χ0n) is 18.1. The molecule has 1 aliphatic carbocycles. The quantitative estimate of drug-likeness (QED) is 0.559. The van der Waals surface area contributed by atoms with Gasteiger partial charge < -0.3 is 19.5 Å². The fourth-order valence-corrected chi connectivity index (χ4v) is 5.56. The Morgan fingerprint density at radius 3 is 2.82 bits per heavy atom. The van der Waals surface area contributed by atoms with Crippen molar-refractivity contribution in [2.75, 3.05) is 37.5 Å². The minimum atomic E-state index is -0.636. The molecule has 2 aliphatic rings. The average Bonchev–Trinajstić information content (AvgIpc) is 3.60. The monoisotopic (exact) mass is 466 g/mol. The Morgan fingerprint density at radius 2 is 2.12 bits per heavy atom. The summed E-state index contributed by atoms with van der Waals surface area (Å²) in [6.07, 6.45) is 5.33. The molecule has 1 aliphatic heterocycles. The van der Waals surface area contributed by atoms with Crippen LogP contribution in [0.4, 0.5) is 15.6 Å². The van der Waals surface area contributed by atoms with Crippen molar-refractivity contribution in [3.8, 4) is 6.07 Å². The number of carbonyl (C=O) groups excluding carboxylic acids is 2. The largest absolute Gasteiger partial charge is 0.463 e. The van der Waals surface area contributed by atoms with Crippen LogP contribution in [0.25, 0.3) is 11.0 Å². The highest BCUT2D eigenvalue weighted by Crippen LogP contribution is 2.42. The maximum Gasteiger partial charge on any atom is 0.377 e. The molecule has 2 amide bonds. The number of anilines is 2. The predicted octanol–water partition coefficient (Wildman–Crippen LogP) is 2.45. The number of ether oxygens (including phenoxy) is 1. The maximum atomic E-state index is 12.7. The smallest absolute Gasteiger partial charge is 0.377 e. The lowest BCUT2D eigenvalue weighted by Crippen LogP contribution is -2.36. The summed E-state index contributed by atoms with van der Waals surface area (Å²) < 4.78 is 8.49. The van der Waals surface area contributed by atoms with Crippen molar-refractivity contribution >= 4 is 45.4 Å². The molecule has 0 bridgehead atoms. The van der Waals surface area contributed by atoms with Crippen LogP contribution in [-0.4, -0.2) is 69.5 Å². The Hall–Kier alpha value is -3.72. The highest BCUT2D eigenvalue weighted by Gasteiger charge is 2.44. The summed E-state index contributed by atoms with van der Waals surface area (Å²) in [7, 11) is 3.29. The van der Waals surface area contributed by atoms with Crippen LogP contribution in [0.15, 0.2) is 18.5 Å². The Kier molecular flexibility index (Phi) is 5.33. The second-order valence-corrected chi connectivity index (χ2v) is 9.13. The molecule has 5 rings (SSSR count). The zero-order valence-corrected chi connectivity index (χ0v) is 18.9. The zero-order chi connectivity index (χ0) is 23.1. The lowest BCUT2D eigenvalue weighted by molar-refractivity contribution is 0.0588. The van der Waals surface area contributed by atoms with Crippen molar-refractivity contribution in [1.82, 2.24) is 24.2 Å². The first kappa shape index (κ1) is 21.1. The number of amides is 2. The molecule has 2 N–H and O–H groups in total. The number of nitrogens with one attached hydrogen (secondary N) is 2. The number of urea groups is 1. The average molecular weight is 467 g/mol. The summed E-state index contributed by atoms with van der Waals surface area (Å²) in [6.45, 7) is 1.31. The number of methoxy groups -OCH3 is 1. The number of nitriles is 1. The molecule has 0 spiro atoms. The van der Waals surface area contributed by atoms with Crippen LogP contribution in [0.2, 0.25) is 0 Å². The summed E-state index contributed by atoms with van der Waals surface area (Å²) in [5.74, 6) is 0.0734. The van der Waals surface area contributed by atoms with Gasteiger partial charge in [0.2, 0.25) is 5.13 Å². The number of rotatable bonds is 4. The van der Waals surface area contributed by atoms with Gasteiger partial charge in [0.15, 0.2) is 0 Å². The molecule has 170 valence electrons. The lowest BCUT2D eigenvalue weighted by atomic mass is 10.0. The third-order valence-electron chi connectivity index (χ3n) is 6.60. The number of pyridine rings is 1. The van der Waals surface area contributed by atoms with Gasteiger partial charge >= 0.3 is 12.0 Å². The maximum absolute atomic E-state index is 12.7. The number of hydrogen-bond donors (Lipinski definition) is 2. The molecule has 1 saturated heterocycles. The summed E-state index contributed by atoms with van der Waals surface area (Å²) in [6, 6.07) is 4.27. The van der Waals surface area contributed by atoms with E-state index in [0.29, 0.717) is 30.5 Å². The molecule has 2 fully saturated rings. The van der Waals surface area contributed by atoms with Gasteiger partial charge in [0.1, 0.15) is 11.7 Å². The second kappa shape index (κ2) is 8.32. The molecule has 12 heteroatoms. The number of nitrogens with zero attached hydrogens (tertiary/aromatic N) is 6. The highest BCUT2D eigenvalue weighted by molar-refractivity contribution is 7.10. The van der Waals surface area contributed by atoms with Gasteiger partial charge in [0.25, 0.3) is 5.82 Å². The molecule has 3 aromatic rings. The first-order valence-electron chi connectivity index (χ1n) is 10.6. The first-order valence-corrected chi connectivity index (χ1v) is 11.3. The van der Waals surface area contributed by atoms with Gasteiger partial charge in [-0.25, -0.2) is 14.6 Å². The molecule has 4 heterocycles. The van der Waals surface area contributed by atoms with Crippen LogP contribution >= 0.6 is 11.5 Å². The van der Waals surface area contributed by atoms with E-state index in [9.17, 15) is 14.9 Å². The third kappa shape index (κ3) is 3.74. The van der Waals surface area contributed by atoms with E-state index in [1.165, 1.54) is 7.11 Å². The molecular weight excluding hydrogens is 444 g/mol. The van der Waals surface area contributed by atoms with Crippen molar-refractivity contribution in [2.45, 2.75) is 18.9 Å². The molecule has 0 radical (unpaired) electrons. The number of likely N-dealkylation sites (tertiary alicyclic amines) is 1. The summed E-state index contributed by atoms with van der Waals surface area (Å²) in [5, 5.41) is 13.6. The van der Waals surface area contributed by atoms with Crippen LogP contribution in [0.5, 0.6) is 0 Å². The molecule has 3 aromatic heterocycles. The van der Waals surface area contributed by atoms with Gasteiger partial charge in [-0.2, -0.15) is 14.6 Å². The van der Waals surface area contributed by atoms with E-state index in [0.717, 1.165) is 41.1 Å². The molecule has 1 saturated carbocycles. The van der Waals surface area contributed by atoms with Gasteiger partial charge in [0.05, 0.1) is 18.4 Å². The highest BCUT2D eigenvalue weighted by atomic mass is 32.1. The topological polar surface area (TPSA) is 140 Å². The van der Waals surface area contributed by atoms with E-state index >= 15 is 0 Å². The van der Waals surface area contributed by atoms with E-state index < -0.39 is 5.97 Å². The van der Waals surface area contributed by atoms with Gasteiger partial charge in [-0.1, -0.05) is 0 Å². The Balaban J connectivity index is 1.23. The van der Waals surface area contributed by atoms with Gasteiger partial charge in [0, 0.05) is 55.5 Å². The van der Waals surface area contributed by atoms with Crippen LogP contribution < -0.4 is 10.2 Å². The number of carbonyl (C=O) groups is 2. The number of fused-ring (bicyclic) bond motifs is 2. The van der Waals surface area contributed by atoms with Crippen molar-refractivity contribution in [2.24, 2.45) is 11.8 Å². The summed E-state index contributed by atoms with van der Waals surface area (Å²) >= 11 is 0.947. The van der Waals surface area contributed by atoms with E-state index in [2.05, 4.69) is 40.3 Å². The molecule has 3 atom stereocenters. The van der Waals surface area contributed by atoms with Crippen LogP contribution in [-0.2, 0) is 4.74 Å². The van der Waals surface area contributed by atoms with Gasteiger partial charge in [-0.3, -0.25) is 5.32 Å².